The second-order valence-electron chi connectivity index (χ2n) is 5.17. The Morgan fingerprint density at radius 2 is 1.75 bits per heavy atom. The number of para-hydroxylation sites is 1. The lowest BCUT2D eigenvalue weighted by Gasteiger charge is -2.24. The Hall–Kier alpha value is -1.68. The van der Waals surface area contributed by atoms with Gasteiger partial charge < -0.3 is 5.32 Å². The molecule has 1 aromatic carbocycles. The number of carbonyl (C=O) groups is 2. The van der Waals surface area contributed by atoms with Crippen LogP contribution >= 0.6 is 0 Å². The highest BCUT2D eigenvalue weighted by atomic mass is 16.2. The molecule has 1 unspecified atom stereocenters. The fourth-order valence-corrected chi connectivity index (χ4v) is 2.66. The molecule has 0 spiro atoms. The fourth-order valence-electron chi connectivity index (χ4n) is 2.66. The van der Waals surface area contributed by atoms with Crippen LogP contribution in [0.15, 0.2) is 24.3 Å². The highest BCUT2D eigenvalue weighted by Crippen LogP contribution is 2.29. The summed E-state index contributed by atoms with van der Waals surface area (Å²) in [5.41, 5.74) is 1.73. The third-order valence-corrected chi connectivity index (χ3v) is 3.68. The Labute approximate surface area is 120 Å². The lowest BCUT2D eigenvalue weighted by molar-refractivity contribution is -0.125. The molecule has 1 fully saturated rings. The number of carbonyl (C=O) groups excluding carboxylic acids is 2. The molecular weight excluding hydrogens is 252 g/mol. The lowest BCUT2D eigenvalue weighted by Crippen LogP contribution is -2.36. The molecule has 0 saturated carbocycles. The highest BCUT2D eigenvalue weighted by molar-refractivity contribution is 6.15. The van der Waals surface area contributed by atoms with Gasteiger partial charge in [-0.2, -0.15) is 0 Å². The standard InChI is InChI=1S/C16H22N2O2/c1-3-17-12(2)13-8-4-5-9-14(13)18-15(19)10-6-7-11-16(18)20/h4-5,8-9,12,17H,3,6-7,10-11H2,1-2H3. The predicted molar refractivity (Wildman–Crippen MR) is 79.5 cm³/mol. The molecule has 1 saturated heterocycles. The fraction of sp³-hybridized carbons (Fsp3) is 0.500. The third kappa shape index (κ3) is 3.07. The SMILES string of the molecule is CCNC(C)c1ccccc1N1C(=O)CCCCC1=O. The lowest BCUT2D eigenvalue weighted by atomic mass is 10.0. The molecule has 1 N–H and O–H groups in total. The summed E-state index contributed by atoms with van der Waals surface area (Å²) in [5, 5.41) is 3.34. The molecule has 0 radical (unpaired) electrons. The number of hydrogen-bond donors (Lipinski definition) is 1. The Bertz CT molecular complexity index is 481. The van der Waals surface area contributed by atoms with E-state index in [-0.39, 0.29) is 17.9 Å². The molecule has 2 rings (SSSR count). The largest absolute Gasteiger partial charge is 0.310 e. The van der Waals surface area contributed by atoms with Crippen molar-refractivity contribution in [2.45, 2.75) is 45.6 Å². The van der Waals surface area contributed by atoms with Gasteiger partial charge in [0.15, 0.2) is 0 Å². The Balaban J connectivity index is 2.39. The molecule has 4 nitrogen and oxygen atoms in total. The van der Waals surface area contributed by atoms with Crippen LogP contribution in [0.3, 0.4) is 0 Å². The molecule has 1 aromatic rings. The molecule has 2 amide bonds. The first kappa shape index (κ1) is 14.7. The van der Waals surface area contributed by atoms with Crippen molar-refractivity contribution in [2.75, 3.05) is 11.4 Å². The van der Waals surface area contributed by atoms with Crippen molar-refractivity contribution >= 4 is 17.5 Å². The maximum Gasteiger partial charge on any atom is 0.233 e. The summed E-state index contributed by atoms with van der Waals surface area (Å²) >= 11 is 0. The average Bonchev–Trinajstić information content (AvgIpc) is 2.60. The number of amides is 2. The molecule has 1 atom stereocenters. The van der Waals surface area contributed by atoms with Gasteiger partial charge in [0.2, 0.25) is 11.8 Å². The van der Waals surface area contributed by atoms with E-state index in [0.29, 0.717) is 12.8 Å². The van der Waals surface area contributed by atoms with Crippen molar-refractivity contribution in [1.29, 1.82) is 0 Å². The molecule has 0 aromatic heterocycles. The van der Waals surface area contributed by atoms with Crippen LogP contribution in [0.5, 0.6) is 0 Å². The minimum Gasteiger partial charge on any atom is -0.310 e. The maximum atomic E-state index is 12.2. The first-order valence-electron chi connectivity index (χ1n) is 7.33. The maximum absolute atomic E-state index is 12.2. The summed E-state index contributed by atoms with van der Waals surface area (Å²) in [6.45, 7) is 4.94. The summed E-state index contributed by atoms with van der Waals surface area (Å²) in [6.07, 6.45) is 2.50. The van der Waals surface area contributed by atoms with Gasteiger partial charge in [0.25, 0.3) is 0 Å². The van der Waals surface area contributed by atoms with Gasteiger partial charge in [-0.25, -0.2) is 0 Å². The summed E-state index contributed by atoms with van der Waals surface area (Å²) < 4.78 is 0. The van der Waals surface area contributed by atoms with E-state index in [9.17, 15) is 9.59 Å². The monoisotopic (exact) mass is 274 g/mol. The number of nitrogens with zero attached hydrogens (tertiary/aromatic N) is 1. The molecule has 1 aliphatic rings. The van der Waals surface area contributed by atoms with Crippen LogP contribution < -0.4 is 10.2 Å². The molecule has 1 heterocycles. The number of benzene rings is 1. The zero-order valence-electron chi connectivity index (χ0n) is 12.2. The summed E-state index contributed by atoms with van der Waals surface area (Å²) in [6, 6.07) is 7.78. The van der Waals surface area contributed by atoms with Gasteiger partial charge in [0.05, 0.1) is 5.69 Å². The zero-order valence-corrected chi connectivity index (χ0v) is 12.2. The average molecular weight is 274 g/mol. The van der Waals surface area contributed by atoms with Crippen LogP contribution in [0, 0.1) is 0 Å². The van der Waals surface area contributed by atoms with Gasteiger partial charge in [-0.05, 0) is 37.9 Å². The quantitative estimate of drug-likeness (QED) is 0.859. The minimum absolute atomic E-state index is 0.0800. The minimum atomic E-state index is -0.0800. The Kier molecular flexibility index (Phi) is 4.90. The van der Waals surface area contributed by atoms with Crippen molar-refractivity contribution < 1.29 is 9.59 Å². The van der Waals surface area contributed by atoms with E-state index < -0.39 is 0 Å². The second kappa shape index (κ2) is 6.66. The molecular formula is C16H22N2O2. The number of rotatable bonds is 4. The number of anilines is 1. The molecule has 4 heteroatoms. The molecule has 108 valence electrons. The number of hydrogen-bond acceptors (Lipinski definition) is 3. The van der Waals surface area contributed by atoms with Crippen molar-refractivity contribution in [3.63, 3.8) is 0 Å². The van der Waals surface area contributed by atoms with E-state index in [0.717, 1.165) is 30.6 Å². The molecule has 1 aliphatic heterocycles. The van der Waals surface area contributed by atoms with E-state index in [1.54, 1.807) is 0 Å². The van der Waals surface area contributed by atoms with Crippen molar-refractivity contribution in [3.8, 4) is 0 Å². The van der Waals surface area contributed by atoms with E-state index in [2.05, 4.69) is 12.2 Å². The van der Waals surface area contributed by atoms with Crippen molar-refractivity contribution in [2.24, 2.45) is 0 Å². The smallest absolute Gasteiger partial charge is 0.233 e. The summed E-state index contributed by atoms with van der Waals surface area (Å²) in [7, 11) is 0. The topological polar surface area (TPSA) is 49.4 Å². The normalized spacial score (nSPS) is 18.0. The first-order chi connectivity index (χ1) is 9.65. The number of imide groups is 1. The Morgan fingerprint density at radius 3 is 2.35 bits per heavy atom. The van der Waals surface area contributed by atoms with E-state index in [1.807, 2.05) is 31.2 Å². The molecule has 0 bridgehead atoms. The van der Waals surface area contributed by atoms with E-state index in [4.69, 9.17) is 0 Å². The van der Waals surface area contributed by atoms with Gasteiger partial charge in [-0.15, -0.1) is 0 Å². The number of nitrogens with one attached hydrogen (secondary N) is 1. The van der Waals surface area contributed by atoms with Crippen LogP contribution in [0.1, 0.15) is 51.1 Å². The first-order valence-corrected chi connectivity index (χ1v) is 7.33. The van der Waals surface area contributed by atoms with Crippen LogP contribution in [0.4, 0.5) is 5.69 Å². The van der Waals surface area contributed by atoms with Crippen LogP contribution in [0.25, 0.3) is 0 Å². The van der Waals surface area contributed by atoms with E-state index in [1.165, 1.54) is 4.90 Å². The van der Waals surface area contributed by atoms with Gasteiger partial charge in [0.1, 0.15) is 0 Å². The Morgan fingerprint density at radius 1 is 1.15 bits per heavy atom. The highest BCUT2D eigenvalue weighted by Gasteiger charge is 2.28. The third-order valence-electron chi connectivity index (χ3n) is 3.68. The van der Waals surface area contributed by atoms with Crippen molar-refractivity contribution in [1.82, 2.24) is 5.32 Å². The van der Waals surface area contributed by atoms with E-state index >= 15 is 0 Å². The van der Waals surface area contributed by atoms with Gasteiger partial charge in [0, 0.05) is 18.9 Å². The van der Waals surface area contributed by atoms with Gasteiger partial charge in [-0.3, -0.25) is 14.5 Å². The van der Waals surface area contributed by atoms with Crippen molar-refractivity contribution in [3.05, 3.63) is 29.8 Å². The predicted octanol–water partition coefficient (Wildman–Crippen LogP) is 2.79. The van der Waals surface area contributed by atoms with Crippen LogP contribution in [0.2, 0.25) is 0 Å². The van der Waals surface area contributed by atoms with Crippen LogP contribution in [-0.2, 0) is 9.59 Å². The van der Waals surface area contributed by atoms with Crippen LogP contribution in [-0.4, -0.2) is 18.4 Å². The second-order valence-corrected chi connectivity index (χ2v) is 5.17. The summed E-state index contributed by atoms with van der Waals surface area (Å²) in [5.74, 6) is -0.160. The zero-order chi connectivity index (χ0) is 14.5. The van der Waals surface area contributed by atoms with Gasteiger partial charge in [-0.1, -0.05) is 25.1 Å². The summed E-state index contributed by atoms with van der Waals surface area (Å²) in [4.78, 5) is 25.9. The molecule has 0 aliphatic carbocycles. The van der Waals surface area contributed by atoms with Gasteiger partial charge >= 0.3 is 0 Å². The molecule has 20 heavy (non-hydrogen) atoms.